The number of hydrogen-bond donors (Lipinski definition) is 2. The van der Waals surface area contributed by atoms with E-state index in [-0.39, 0.29) is 6.04 Å². The van der Waals surface area contributed by atoms with Crippen LogP contribution in [0.25, 0.3) is 0 Å². The van der Waals surface area contributed by atoms with E-state index in [0.717, 1.165) is 12.8 Å². The monoisotopic (exact) mass is 260 g/mol. The molecule has 1 heterocycles. The van der Waals surface area contributed by atoms with Crippen molar-refractivity contribution in [2.75, 3.05) is 0 Å². The molecule has 1 aromatic heterocycles. The minimum absolute atomic E-state index is 0.190. The first-order valence-electron chi connectivity index (χ1n) is 6.39. The fraction of sp³-hybridized carbons (Fsp3) is 0.333. The van der Waals surface area contributed by atoms with Crippen LogP contribution in [0.3, 0.4) is 0 Å². The maximum absolute atomic E-state index is 5.67. The summed E-state index contributed by atoms with van der Waals surface area (Å²) in [6, 6.07) is 11.1. The topological polar surface area (TPSA) is 38.0 Å². The minimum Gasteiger partial charge on any atom is -0.271 e. The molecule has 3 heteroatoms. The van der Waals surface area contributed by atoms with Gasteiger partial charge in [0.2, 0.25) is 0 Å². The Morgan fingerprint density at radius 1 is 1.17 bits per heavy atom. The summed E-state index contributed by atoms with van der Waals surface area (Å²) >= 11 is 1.73. The average Bonchev–Trinajstić information content (AvgIpc) is 2.90. The second-order valence-electron chi connectivity index (χ2n) is 4.55. The zero-order chi connectivity index (χ0) is 12.8. The molecule has 96 valence electrons. The first-order chi connectivity index (χ1) is 8.83. The highest BCUT2D eigenvalue weighted by molar-refractivity contribution is 7.07. The number of aryl methyl sites for hydroxylation is 1. The fourth-order valence-corrected chi connectivity index (χ4v) is 2.80. The number of nitrogens with one attached hydrogen (secondary N) is 1. The second-order valence-corrected chi connectivity index (χ2v) is 5.33. The summed E-state index contributed by atoms with van der Waals surface area (Å²) in [5.74, 6) is 5.67. The van der Waals surface area contributed by atoms with E-state index in [1.54, 1.807) is 11.3 Å². The minimum atomic E-state index is 0.190. The molecule has 0 saturated carbocycles. The van der Waals surface area contributed by atoms with E-state index < -0.39 is 0 Å². The summed E-state index contributed by atoms with van der Waals surface area (Å²) in [5.41, 5.74) is 6.90. The molecular formula is C15H20N2S. The third-order valence-electron chi connectivity index (χ3n) is 3.14. The number of hydrogen-bond acceptors (Lipinski definition) is 3. The van der Waals surface area contributed by atoms with Crippen LogP contribution in [-0.4, -0.2) is 0 Å². The number of rotatable bonds is 6. The summed E-state index contributed by atoms with van der Waals surface area (Å²) in [7, 11) is 0. The van der Waals surface area contributed by atoms with Gasteiger partial charge >= 0.3 is 0 Å². The first kappa shape index (κ1) is 13.3. The van der Waals surface area contributed by atoms with Crippen LogP contribution in [0, 0.1) is 0 Å². The maximum atomic E-state index is 5.67. The molecule has 0 saturated heterocycles. The smallest absolute Gasteiger partial charge is 0.0500 e. The Labute approximate surface area is 113 Å². The molecule has 1 atom stereocenters. The Morgan fingerprint density at radius 3 is 2.50 bits per heavy atom. The Hall–Kier alpha value is -1.16. The summed E-state index contributed by atoms with van der Waals surface area (Å²) in [6.45, 7) is 2.20. The van der Waals surface area contributed by atoms with Crippen molar-refractivity contribution in [3.05, 3.63) is 57.8 Å². The predicted octanol–water partition coefficient (Wildman–Crippen LogP) is 3.45. The normalized spacial score (nSPS) is 12.6. The van der Waals surface area contributed by atoms with Crippen LogP contribution >= 0.6 is 11.3 Å². The van der Waals surface area contributed by atoms with E-state index in [9.17, 15) is 0 Å². The Bertz CT molecular complexity index is 448. The molecular weight excluding hydrogens is 240 g/mol. The molecule has 1 unspecified atom stereocenters. The van der Waals surface area contributed by atoms with Gasteiger partial charge in [0.15, 0.2) is 0 Å². The van der Waals surface area contributed by atoms with Gasteiger partial charge in [-0.15, -0.1) is 0 Å². The molecule has 18 heavy (non-hydrogen) atoms. The zero-order valence-corrected chi connectivity index (χ0v) is 11.5. The van der Waals surface area contributed by atoms with E-state index >= 15 is 0 Å². The lowest BCUT2D eigenvalue weighted by atomic mass is 9.99. The quantitative estimate of drug-likeness (QED) is 0.616. The van der Waals surface area contributed by atoms with Crippen molar-refractivity contribution < 1.29 is 0 Å². The number of nitrogens with two attached hydrogens (primary N) is 1. The Kier molecular flexibility index (Phi) is 4.93. The van der Waals surface area contributed by atoms with Crippen molar-refractivity contribution >= 4 is 11.3 Å². The standard InChI is InChI=1S/C15H20N2S/c1-2-3-12-4-6-14(7-5-12)15(17-16)10-13-8-9-18-11-13/h4-9,11,15,17H,2-3,10,16H2,1H3. The molecule has 0 amide bonds. The SMILES string of the molecule is CCCc1ccc(C(Cc2ccsc2)NN)cc1. The van der Waals surface area contributed by atoms with Gasteiger partial charge in [0.25, 0.3) is 0 Å². The van der Waals surface area contributed by atoms with Crippen LogP contribution in [0.15, 0.2) is 41.1 Å². The van der Waals surface area contributed by atoms with Crippen molar-refractivity contribution in [1.82, 2.24) is 5.43 Å². The Morgan fingerprint density at radius 2 is 1.94 bits per heavy atom. The maximum Gasteiger partial charge on any atom is 0.0500 e. The number of thiophene rings is 1. The molecule has 0 aliphatic heterocycles. The molecule has 0 spiro atoms. The van der Waals surface area contributed by atoms with E-state index in [1.807, 2.05) is 0 Å². The van der Waals surface area contributed by atoms with E-state index in [0.29, 0.717) is 0 Å². The molecule has 0 radical (unpaired) electrons. The van der Waals surface area contributed by atoms with Gasteiger partial charge in [0, 0.05) is 0 Å². The molecule has 3 N–H and O–H groups in total. The molecule has 2 rings (SSSR count). The molecule has 0 bridgehead atoms. The molecule has 1 aromatic carbocycles. The van der Waals surface area contributed by atoms with Crippen molar-refractivity contribution in [3.63, 3.8) is 0 Å². The molecule has 0 fully saturated rings. The summed E-state index contributed by atoms with van der Waals surface area (Å²) in [6.07, 6.45) is 3.27. The van der Waals surface area contributed by atoms with Crippen molar-refractivity contribution in [2.45, 2.75) is 32.2 Å². The van der Waals surface area contributed by atoms with Crippen LogP contribution in [0.1, 0.15) is 36.1 Å². The highest BCUT2D eigenvalue weighted by atomic mass is 32.1. The summed E-state index contributed by atoms with van der Waals surface area (Å²) in [4.78, 5) is 0. The third kappa shape index (κ3) is 3.42. The van der Waals surface area contributed by atoms with Gasteiger partial charge in [-0.3, -0.25) is 11.3 Å². The van der Waals surface area contributed by atoms with E-state index in [4.69, 9.17) is 5.84 Å². The van der Waals surface area contributed by atoms with E-state index in [2.05, 4.69) is 53.4 Å². The largest absolute Gasteiger partial charge is 0.271 e. The van der Waals surface area contributed by atoms with Crippen molar-refractivity contribution in [2.24, 2.45) is 5.84 Å². The van der Waals surface area contributed by atoms with Crippen LogP contribution in [0.4, 0.5) is 0 Å². The molecule has 0 aliphatic carbocycles. The van der Waals surface area contributed by atoms with Crippen molar-refractivity contribution in [1.29, 1.82) is 0 Å². The van der Waals surface area contributed by atoms with Gasteiger partial charge in [0.1, 0.15) is 0 Å². The van der Waals surface area contributed by atoms with Gasteiger partial charge < -0.3 is 0 Å². The second kappa shape index (κ2) is 6.69. The van der Waals surface area contributed by atoms with Gasteiger partial charge in [-0.2, -0.15) is 11.3 Å². The lowest BCUT2D eigenvalue weighted by Gasteiger charge is -2.16. The van der Waals surface area contributed by atoms with Gasteiger partial charge in [-0.1, -0.05) is 37.6 Å². The molecule has 0 aliphatic rings. The van der Waals surface area contributed by atoms with Crippen LogP contribution in [0.5, 0.6) is 0 Å². The van der Waals surface area contributed by atoms with Gasteiger partial charge in [-0.25, -0.2) is 0 Å². The van der Waals surface area contributed by atoms with Gasteiger partial charge in [0.05, 0.1) is 6.04 Å². The lowest BCUT2D eigenvalue weighted by molar-refractivity contribution is 0.552. The average molecular weight is 260 g/mol. The lowest BCUT2D eigenvalue weighted by Crippen LogP contribution is -2.29. The fourth-order valence-electron chi connectivity index (χ4n) is 2.12. The number of hydrazine groups is 1. The zero-order valence-electron chi connectivity index (χ0n) is 10.7. The van der Waals surface area contributed by atoms with Crippen LogP contribution in [-0.2, 0) is 12.8 Å². The molecule has 2 nitrogen and oxygen atoms in total. The third-order valence-corrected chi connectivity index (χ3v) is 3.87. The van der Waals surface area contributed by atoms with Gasteiger partial charge in [-0.05, 0) is 46.4 Å². The predicted molar refractivity (Wildman–Crippen MR) is 78.5 cm³/mol. The highest BCUT2D eigenvalue weighted by Gasteiger charge is 2.10. The number of benzene rings is 1. The van der Waals surface area contributed by atoms with E-state index in [1.165, 1.54) is 23.1 Å². The van der Waals surface area contributed by atoms with Crippen molar-refractivity contribution in [3.8, 4) is 0 Å². The summed E-state index contributed by atoms with van der Waals surface area (Å²) < 4.78 is 0. The van der Waals surface area contributed by atoms with Crippen LogP contribution < -0.4 is 11.3 Å². The Balaban J connectivity index is 2.07. The highest BCUT2D eigenvalue weighted by Crippen LogP contribution is 2.20. The first-order valence-corrected chi connectivity index (χ1v) is 7.33. The van der Waals surface area contributed by atoms with Crippen LogP contribution in [0.2, 0.25) is 0 Å². The summed E-state index contributed by atoms with van der Waals surface area (Å²) in [5, 5.41) is 4.28. The molecule has 2 aromatic rings.